The van der Waals surface area contributed by atoms with Crippen molar-refractivity contribution in [2.24, 2.45) is 0 Å². The first-order chi connectivity index (χ1) is 26.8. The molecule has 0 aliphatic carbocycles. The summed E-state index contributed by atoms with van der Waals surface area (Å²) in [5.41, 5.74) is 14.2. The lowest BCUT2D eigenvalue weighted by molar-refractivity contribution is 1.17. The zero-order chi connectivity index (χ0) is 35.6. The van der Waals surface area contributed by atoms with E-state index < -0.39 is 0 Å². The van der Waals surface area contributed by atoms with E-state index in [4.69, 9.17) is 9.97 Å². The van der Waals surface area contributed by atoms with Gasteiger partial charge >= 0.3 is 0 Å². The molecule has 0 atom stereocenters. The standard InChI is InChI=1S/C50H32N4/c1-4-15-33(16-5-1)43-32-44(52-50(51-43)34-17-6-2-7-18-34)37-29-30-47-49-41(37)23-14-24-42(49)40-28-27-36(31-48(40)53(47)35-19-8-3-9-20-35)54-45-25-12-10-21-38(45)39-22-11-13-26-46(39)54/h1-32H. The van der Waals surface area contributed by atoms with Crippen LogP contribution in [0.5, 0.6) is 0 Å². The van der Waals surface area contributed by atoms with Crippen molar-refractivity contribution in [1.29, 1.82) is 0 Å². The molecule has 54 heavy (non-hydrogen) atoms. The number of hydrogen-bond acceptors (Lipinski definition) is 3. The van der Waals surface area contributed by atoms with E-state index >= 15 is 0 Å². The van der Waals surface area contributed by atoms with Crippen LogP contribution < -0.4 is 4.90 Å². The molecule has 0 radical (unpaired) electrons. The number of benzene rings is 8. The van der Waals surface area contributed by atoms with E-state index in [-0.39, 0.29) is 0 Å². The normalized spacial score (nSPS) is 12.0. The lowest BCUT2D eigenvalue weighted by Gasteiger charge is -2.34. The van der Waals surface area contributed by atoms with Gasteiger partial charge in [-0.1, -0.05) is 146 Å². The second-order valence-electron chi connectivity index (χ2n) is 13.8. The van der Waals surface area contributed by atoms with Crippen molar-refractivity contribution in [2.45, 2.75) is 0 Å². The van der Waals surface area contributed by atoms with Crippen LogP contribution in [0.25, 0.3) is 83.3 Å². The molecular weight excluding hydrogens is 657 g/mol. The fraction of sp³-hybridized carbons (Fsp3) is 0. The molecule has 0 spiro atoms. The number of aromatic nitrogens is 3. The Morgan fingerprint density at radius 2 is 0.944 bits per heavy atom. The Balaban J connectivity index is 1.16. The first kappa shape index (κ1) is 30.3. The maximum absolute atomic E-state index is 5.24. The van der Waals surface area contributed by atoms with E-state index in [1.165, 1.54) is 38.3 Å². The molecule has 4 nitrogen and oxygen atoms in total. The number of para-hydroxylation sites is 3. The molecule has 10 aromatic rings. The van der Waals surface area contributed by atoms with Crippen molar-refractivity contribution in [3.05, 3.63) is 194 Å². The molecule has 0 amide bonds. The van der Waals surface area contributed by atoms with Crippen molar-refractivity contribution in [3.8, 4) is 50.7 Å². The molecule has 252 valence electrons. The first-order valence-electron chi connectivity index (χ1n) is 18.3. The van der Waals surface area contributed by atoms with Gasteiger partial charge in [0.1, 0.15) is 0 Å². The minimum Gasteiger partial charge on any atom is -0.309 e. The Kier molecular flexibility index (Phi) is 6.82. The fourth-order valence-corrected chi connectivity index (χ4v) is 8.34. The molecule has 0 unspecified atom stereocenters. The molecular formula is C50H32N4. The van der Waals surface area contributed by atoms with E-state index in [1.807, 2.05) is 24.3 Å². The number of rotatable bonds is 5. The number of anilines is 3. The predicted molar refractivity (Wildman–Crippen MR) is 224 cm³/mol. The highest BCUT2D eigenvalue weighted by Crippen LogP contribution is 2.53. The van der Waals surface area contributed by atoms with Crippen LogP contribution in [-0.2, 0) is 0 Å². The first-order valence-corrected chi connectivity index (χ1v) is 18.3. The highest BCUT2D eigenvalue weighted by molar-refractivity contribution is 6.17. The van der Waals surface area contributed by atoms with Gasteiger partial charge in [-0.15, -0.1) is 0 Å². The average molecular weight is 689 g/mol. The number of fused-ring (bicyclic) bond motifs is 5. The van der Waals surface area contributed by atoms with Gasteiger partial charge in [0, 0.05) is 49.8 Å². The molecule has 2 aromatic heterocycles. The summed E-state index contributed by atoms with van der Waals surface area (Å²) in [6, 6.07) is 69.1. The lowest BCUT2D eigenvalue weighted by atomic mass is 9.88. The summed E-state index contributed by atoms with van der Waals surface area (Å²) in [5.74, 6) is 0.710. The largest absolute Gasteiger partial charge is 0.309 e. The van der Waals surface area contributed by atoms with E-state index in [1.54, 1.807) is 0 Å². The smallest absolute Gasteiger partial charge is 0.160 e. The third-order valence-electron chi connectivity index (χ3n) is 10.7. The van der Waals surface area contributed by atoms with Crippen molar-refractivity contribution in [2.75, 3.05) is 4.90 Å². The lowest BCUT2D eigenvalue weighted by Crippen LogP contribution is -2.15. The molecule has 0 bridgehead atoms. The maximum Gasteiger partial charge on any atom is 0.160 e. The summed E-state index contributed by atoms with van der Waals surface area (Å²) < 4.78 is 2.40. The fourth-order valence-electron chi connectivity index (χ4n) is 8.34. The van der Waals surface area contributed by atoms with E-state index in [0.717, 1.165) is 56.2 Å². The number of hydrogen-bond donors (Lipinski definition) is 0. The van der Waals surface area contributed by atoms with E-state index in [9.17, 15) is 0 Å². The third kappa shape index (κ3) is 4.70. The summed E-state index contributed by atoms with van der Waals surface area (Å²) in [6.07, 6.45) is 0. The van der Waals surface area contributed by atoms with Crippen LogP contribution in [0.3, 0.4) is 0 Å². The second-order valence-corrected chi connectivity index (χ2v) is 13.8. The van der Waals surface area contributed by atoms with Gasteiger partial charge in [-0.05, 0) is 59.5 Å². The van der Waals surface area contributed by atoms with Gasteiger partial charge in [-0.25, -0.2) is 9.97 Å². The Labute approximate surface area is 312 Å². The molecule has 0 saturated carbocycles. The van der Waals surface area contributed by atoms with Crippen LogP contribution in [-0.4, -0.2) is 14.5 Å². The van der Waals surface area contributed by atoms with Crippen molar-refractivity contribution < 1.29 is 0 Å². The molecule has 1 aliphatic heterocycles. The summed E-state index contributed by atoms with van der Waals surface area (Å²) >= 11 is 0. The molecule has 4 heteroatoms. The topological polar surface area (TPSA) is 34.0 Å². The molecule has 8 aromatic carbocycles. The van der Waals surface area contributed by atoms with E-state index in [2.05, 4.69) is 179 Å². The zero-order valence-electron chi connectivity index (χ0n) is 29.3. The third-order valence-corrected chi connectivity index (χ3v) is 10.7. The van der Waals surface area contributed by atoms with Gasteiger partial charge in [0.15, 0.2) is 5.82 Å². The molecule has 11 rings (SSSR count). The average Bonchev–Trinajstić information content (AvgIpc) is 3.59. The van der Waals surface area contributed by atoms with Crippen molar-refractivity contribution >= 4 is 49.6 Å². The molecule has 0 saturated heterocycles. The summed E-state index contributed by atoms with van der Waals surface area (Å²) in [7, 11) is 0. The number of nitrogens with zero attached hydrogens (tertiary/aromatic N) is 4. The highest BCUT2D eigenvalue weighted by Gasteiger charge is 2.28. The Morgan fingerprint density at radius 3 is 1.67 bits per heavy atom. The van der Waals surface area contributed by atoms with Crippen LogP contribution in [0.15, 0.2) is 194 Å². The van der Waals surface area contributed by atoms with Crippen molar-refractivity contribution in [3.63, 3.8) is 0 Å². The Morgan fingerprint density at radius 1 is 0.352 bits per heavy atom. The highest BCUT2D eigenvalue weighted by atomic mass is 15.2. The molecule has 3 heterocycles. The van der Waals surface area contributed by atoms with Gasteiger partial charge in [0.05, 0.1) is 33.8 Å². The maximum atomic E-state index is 5.24. The van der Waals surface area contributed by atoms with Gasteiger partial charge in [-0.2, -0.15) is 0 Å². The second kappa shape index (κ2) is 12.1. The SMILES string of the molecule is c1ccc(-c2cc(-c3ccc4c5c(cccc35)-c3ccc(-n5c6ccccc6c6ccccc65)cc3N4c3ccccc3)nc(-c3ccccc3)n2)cc1. The zero-order valence-corrected chi connectivity index (χ0v) is 29.3. The minimum atomic E-state index is 0.710. The van der Waals surface area contributed by atoms with Crippen LogP contribution >= 0.6 is 0 Å². The van der Waals surface area contributed by atoms with Crippen molar-refractivity contribution in [1.82, 2.24) is 14.5 Å². The monoisotopic (exact) mass is 688 g/mol. The minimum absolute atomic E-state index is 0.710. The van der Waals surface area contributed by atoms with Gasteiger partial charge < -0.3 is 9.47 Å². The van der Waals surface area contributed by atoms with Crippen LogP contribution in [0.4, 0.5) is 17.1 Å². The molecule has 0 fully saturated rings. The summed E-state index contributed by atoms with van der Waals surface area (Å²) in [6.45, 7) is 0. The van der Waals surface area contributed by atoms with E-state index in [0.29, 0.717) is 5.82 Å². The summed E-state index contributed by atoms with van der Waals surface area (Å²) in [4.78, 5) is 12.7. The van der Waals surface area contributed by atoms with Crippen LogP contribution in [0.2, 0.25) is 0 Å². The summed E-state index contributed by atoms with van der Waals surface area (Å²) in [5, 5.41) is 4.87. The Hall–Kier alpha value is -7.30. The van der Waals surface area contributed by atoms with Gasteiger partial charge in [0.2, 0.25) is 0 Å². The Bertz CT molecular complexity index is 2930. The predicted octanol–water partition coefficient (Wildman–Crippen LogP) is 13.2. The van der Waals surface area contributed by atoms with Crippen LogP contribution in [0, 0.1) is 0 Å². The molecule has 0 N–H and O–H groups in total. The van der Waals surface area contributed by atoms with Gasteiger partial charge in [-0.3, -0.25) is 0 Å². The van der Waals surface area contributed by atoms with Gasteiger partial charge in [0.25, 0.3) is 0 Å². The quantitative estimate of drug-likeness (QED) is 0.180. The van der Waals surface area contributed by atoms with Crippen LogP contribution in [0.1, 0.15) is 0 Å². The molecule has 1 aliphatic rings.